The van der Waals surface area contributed by atoms with E-state index < -0.39 is 0 Å². The van der Waals surface area contributed by atoms with E-state index in [1.807, 2.05) is 0 Å². The van der Waals surface area contributed by atoms with E-state index in [0.29, 0.717) is 0 Å². The first-order valence-electron chi connectivity index (χ1n) is 19.2. The number of nitrogens with zero attached hydrogens (tertiary/aromatic N) is 1. The zero-order valence-electron chi connectivity index (χ0n) is 30.6. The van der Waals surface area contributed by atoms with Crippen LogP contribution >= 0.6 is 0 Å². The first-order chi connectivity index (χ1) is 27.8. The quantitative estimate of drug-likeness (QED) is 0.160. The number of anilines is 3. The Labute approximate surface area is 325 Å². The molecule has 10 aromatic carbocycles. The lowest BCUT2D eigenvalue weighted by Gasteiger charge is -2.29. The van der Waals surface area contributed by atoms with E-state index in [-0.39, 0.29) is 0 Å². The summed E-state index contributed by atoms with van der Waals surface area (Å²) in [5, 5.41) is 9.45. The molecular formula is C54H35NO. The molecule has 1 heterocycles. The molecule has 11 aromatic rings. The summed E-state index contributed by atoms with van der Waals surface area (Å²) in [6.45, 7) is 0. The molecule has 0 radical (unpaired) electrons. The van der Waals surface area contributed by atoms with Crippen molar-refractivity contribution >= 4 is 71.3 Å². The Morgan fingerprint density at radius 1 is 0.321 bits per heavy atom. The van der Waals surface area contributed by atoms with Gasteiger partial charge in [-0.1, -0.05) is 176 Å². The van der Waals surface area contributed by atoms with Crippen molar-refractivity contribution in [3.63, 3.8) is 0 Å². The second-order valence-corrected chi connectivity index (χ2v) is 14.4. The summed E-state index contributed by atoms with van der Waals surface area (Å²) in [4.78, 5) is 2.44. The maximum absolute atomic E-state index is 6.77. The van der Waals surface area contributed by atoms with Crippen LogP contribution in [0.1, 0.15) is 0 Å². The number of fused-ring (bicyclic) bond motifs is 8. The van der Waals surface area contributed by atoms with E-state index in [1.165, 1.54) is 38.2 Å². The molecule has 0 amide bonds. The van der Waals surface area contributed by atoms with Gasteiger partial charge in [-0.05, 0) is 91.1 Å². The molecule has 262 valence electrons. The minimum absolute atomic E-state index is 0.859. The minimum atomic E-state index is 0.859. The van der Waals surface area contributed by atoms with Gasteiger partial charge >= 0.3 is 0 Å². The maximum atomic E-state index is 6.77. The van der Waals surface area contributed by atoms with Gasteiger partial charge in [0.25, 0.3) is 0 Å². The van der Waals surface area contributed by atoms with Crippen LogP contribution in [0, 0.1) is 0 Å². The maximum Gasteiger partial charge on any atom is 0.143 e. The molecule has 1 aromatic heterocycles. The fourth-order valence-electron chi connectivity index (χ4n) is 8.60. The van der Waals surface area contributed by atoms with Gasteiger partial charge in [0.15, 0.2) is 0 Å². The van der Waals surface area contributed by atoms with Gasteiger partial charge in [-0.3, -0.25) is 0 Å². The van der Waals surface area contributed by atoms with Gasteiger partial charge in [0, 0.05) is 22.0 Å². The predicted octanol–water partition coefficient (Wildman–Crippen LogP) is 15.5. The summed E-state index contributed by atoms with van der Waals surface area (Å²) in [7, 11) is 0. The largest absolute Gasteiger partial charge is 0.455 e. The number of furan rings is 1. The van der Waals surface area contributed by atoms with Crippen molar-refractivity contribution in [2.75, 3.05) is 4.90 Å². The van der Waals surface area contributed by atoms with E-state index >= 15 is 0 Å². The molecule has 0 aliphatic carbocycles. The lowest BCUT2D eigenvalue weighted by molar-refractivity contribution is 0.672. The summed E-state index contributed by atoms with van der Waals surface area (Å²) < 4.78 is 6.77. The summed E-state index contributed by atoms with van der Waals surface area (Å²) in [5.41, 5.74) is 12.0. The molecule has 2 heteroatoms. The fraction of sp³-hybridized carbons (Fsp3) is 0. The molecule has 0 N–H and O–H groups in total. The monoisotopic (exact) mass is 713 g/mol. The molecular weight excluding hydrogens is 679 g/mol. The molecule has 0 atom stereocenters. The third-order valence-corrected chi connectivity index (χ3v) is 11.3. The summed E-state index contributed by atoms with van der Waals surface area (Å²) >= 11 is 0. The van der Waals surface area contributed by atoms with Crippen molar-refractivity contribution in [3.05, 3.63) is 212 Å². The zero-order chi connectivity index (χ0) is 37.0. The Morgan fingerprint density at radius 3 is 1.71 bits per heavy atom. The average Bonchev–Trinajstić information content (AvgIpc) is 3.67. The number of hydrogen-bond donors (Lipinski definition) is 0. The Kier molecular flexibility index (Phi) is 7.53. The lowest BCUT2D eigenvalue weighted by atomic mass is 9.92. The molecule has 0 unspecified atom stereocenters. The van der Waals surface area contributed by atoms with Gasteiger partial charge in [-0.15, -0.1) is 0 Å². The van der Waals surface area contributed by atoms with Gasteiger partial charge in [0.05, 0.1) is 16.8 Å². The van der Waals surface area contributed by atoms with Crippen LogP contribution in [0.15, 0.2) is 217 Å². The van der Waals surface area contributed by atoms with Crippen molar-refractivity contribution in [2.24, 2.45) is 0 Å². The Balaban J connectivity index is 1.20. The first-order valence-corrected chi connectivity index (χ1v) is 19.2. The van der Waals surface area contributed by atoms with Gasteiger partial charge in [-0.2, -0.15) is 0 Å². The van der Waals surface area contributed by atoms with E-state index in [9.17, 15) is 0 Å². The summed E-state index contributed by atoms with van der Waals surface area (Å²) in [5.74, 6) is 0. The van der Waals surface area contributed by atoms with E-state index in [2.05, 4.69) is 217 Å². The van der Waals surface area contributed by atoms with Crippen LogP contribution in [0.2, 0.25) is 0 Å². The molecule has 0 aliphatic rings. The molecule has 0 bridgehead atoms. The second-order valence-electron chi connectivity index (χ2n) is 14.4. The molecule has 0 saturated carbocycles. The normalized spacial score (nSPS) is 11.6. The number of rotatable bonds is 6. The molecule has 0 saturated heterocycles. The van der Waals surface area contributed by atoms with Crippen LogP contribution in [0.25, 0.3) is 87.6 Å². The van der Waals surface area contributed by atoms with Crippen LogP contribution in [0.3, 0.4) is 0 Å². The standard InChI is InChI=1S/C54H35NO/c1-3-13-36(14-4-1)37-25-30-42(31-26-37)55(50-23-12-24-52-53(50)49-34-28-40-18-8-10-20-46(40)54(49)56-52)51-35-41(29-32-45(51)38-15-5-2-6-16-38)44-21-11-22-47-43-19-9-7-17-39(43)27-33-48(44)47/h1-35H. The third-order valence-electron chi connectivity index (χ3n) is 11.3. The SMILES string of the molecule is c1ccc(-c2ccc(N(c3cc(-c4cccc5c4ccc4ccccc45)ccc3-c3ccccc3)c3cccc4oc5c6ccccc6ccc5c34)cc2)cc1. The zero-order valence-corrected chi connectivity index (χ0v) is 30.6. The summed E-state index contributed by atoms with van der Waals surface area (Å²) in [6.07, 6.45) is 0. The molecule has 0 aliphatic heterocycles. The van der Waals surface area contributed by atoms with Crippen molar-refractivity contribution < 1.29 is 4.42 Å². The van der Waals surface area contributed by atoms with Crippen LogP contribution in [0.4, 0.5) is 17.1 Å². The van der Waals surface area contributed by atoms with Crippen molar-refractivity contribution in [1.82, 2.24) is 0 Å². The first kappa shape index (κ1) is 32.0. The highest BCUT2D eigenvalue weighted by Gasteiger charge is 2.24. The molecule has 0 fully saturated rings. The molecule has 11 rings (SSSR count). The Morgan fingerprint density at radius 2 is 0.929 bits per heavy atom. The van der Waals surface area contributed by atoms with E-state index in [0.717, 1.165) is 66.5 Å². The smallest absolute Gasteiger partial charge is 0.143 e. The molecule has 56 heavy (non-hydrogen) atoms. The molecule has 2 nitrogen and oxygen atoms in total. The van der Waals surface area contributed by atoms with Gasteiger partial charge in [0.2, 0.25) is 0 Å². The van der Waals surface area contributed by atoms with E-state index in [4.69, 9.17) is 4.42 Å². The van der Waals surface area contributed by atoms with Crippen LogP contribution in [-0.2, 0) is 0 Å². The Hall–Kier alpha value is -7.42. The number of benzene rings is 10. The third kappa shape index (κ3) is 5.26. The summed E-state index contributed by atoms with van der Waals surface area (Å²) in [6, 6.07) is 76.5. The van der Waals surface area contributed by atoms with Gasteiger partial charge in [0.1, 0.15) is 11.2 Å². The van der Waals surface area contributed by atoms with Crippen LogP contribution < -0.4 is 4.90 Å². The average molecular weight is 714 g/mol. The van der Waals surface area contributed by atoms with Gasteiger partial charge in [-0.25, -0.2) is 0 Å². The highest BCUT2D eigenvalue weighted by Crippen LogP contribution is 2.48. The van der Waals surface area contributed by atoms with Crippen molar-refractivity contribution in [3.8, 4) is 33.4 Å². The van der Waals surface area contributed by atoms with Crippen LogP contribution in [0.5, 0.6) is 0 Å². The van der Waals surface area contributed by atoms with E-state index in [1.54, 1.807) is 0 Å². The highest BCUT2D eigenvalue weighted by atomic mass is 16.3. The molecule has 0 spiro atoms. The second kappa shape index (κ2) is 13.2. The lowest BCUT2D eigenvalue weighted by Crippen LogP contribution is -2.12. The minimum Gasteiger partial charge on any atom is -0.455 e. The van der Waals surface area contributed by atoms with Crippen molar-refractivity contribution in [2.45, 2.75) is 0 Å². The topological polar surface area (TPSA) is 16.4 Å². The highest BCUT2D eigenvalue weighted by molar-refractivity contribution is 6.20. The van der Waals surface area contributed by atoms with Crippen molar-refractivity contribution in [1.29, 1.82) is 0 Å². The predicted molar refractivity (Wildman–Crippen MR) is 237 cm³/mol. The van der Waals surface area contributed by atoms with Gasteiger partial charge < -0.3 is 9.32 Å². The number of hydrogen-bond acceptors (Lipinski definition) is 2. The Bertz CT molecular complexity index is 3230. The fourth-order valence-corrected chi connectivity index (χ4v) is 8.60. The van der Waals surface area contributed by atoms with Crippen LogP contribution in [-0.4, -0.2) is 0 Å².